The lowest BCUT2D eigenvalue weighted by molar-refractivity contribution is -0.118. The van der Waals surface area contributed by atoms with Crippen molar-refractivity contribution >= 4 is 40.1 Å². The van der Waals surface area contributed by atoms with Gasteiger partial charge in [-0.3, -0.25) is 4.79 Å². The average molecular weight is 399 g/mol. The van der Waals surface area contributed by atoms with Crippen molar-refractivity contribution < 1.29 is 19.1 Å². The molecular weight excluding hydrogens is 380 g/mol. The van der Waals surface area contributed by atoms with E-state index in [1.807, 2.05) is 24.3 Å². The molecule has 0 aliphatic heterocycles. The minimum atomic E-state index is -0.595. The summed E-state index contributed by atoms with van der Waals surface area (Å²) in [6.45, 7) is 1.83. The number of halogens is 1. The second-order valence-corrected chi connectivity index (χ2v) is 6.48. The number of carbonyl (C=O) groups is 2. The molecule has 28 heavy (non-hydrogen) atoms. The molecule has 1 heterocycles. The SMILES string of the molecule is CCc1ccc(NC(=O)COc2cc(C(=O)OC)nc3ccc(Cl)cc23)cc1. The molecule has 144 valence electrons. The van der Waals surface area contributed by atoms with Crippen LogP contribution in [0.2, 0.25) is 5.02 Å². The lowest BCUT2D eigenvalue weighted by atomic mass is 10.1. The highest BCUT2D eigenvalue weighted by Gasteiger charge is 2.15. The number of methoxy groups -OCH3 is 1. The maximum absolute atomic E-state index is 12.2. The Labute approximate surface area is 167 Å². The van der Waals surface area contributed by atoms with Crippen molar-refractivity contribution in [2.45, 2.75) is 13.3 Å². The Bertz CT molecular complexity index is 1020. The number of carbonyl (C=O) groups excluding carboxylic acids is 2. The topological polar surface area (TPSA) is 77.5 Å². The van der Waals surface area contributed by atoms with Crippen LogP contribution < -0.4 is 10.1 Å². The van der Waals surface area contributed by atoms with E-state index in [9.17, 15) is 9.59 Å². The van der Waals surface area contributed by atoms with E-state index in [1.165, 1.54) is 18.7 Å². The predicted molar refractivity (Wildman–Crippen MR) is 108 cm³/mol. The molecule has 0 spiro atoms. The first-order chi connectivity index (χ1) is 13.5. The second-order valence-electron chi connectivity index (χ2n) is 6.05. The van der Waals surface area contributed by atoms with Crippen molar-refractivity contribution in [1.29, 1.82) is 0 Å². The number of amides is 1. The zero-order valence-electron chi connectivity index (χ0n) is 15.5. The third-order valence-corrected chi connectivity index (χ3v) is 4.37. The number of aryl methyl sites for hydroxylation is 1. The van der Waals surface area contributed by atoms with E-state index in [0.717, 1.165) is 6.42 Å². The lowest BCUT2D eigenvalue weighted by Gasteiger charge is -2.11. The highest BCUT2D eigenvalue weighted by molar-refractivity contribution is 6.31. The zero-order chi connectivity index (χ0) is 20.1. The van der Waals surface area contributed by atoms with Crippen LogP contribution in [0.25, 0.3) is 10.9 Å². The molecule has 2 aromatic carbocycles. The van der Waals surface area contributed by atoms with Gasteiger partial charge in [0.2, 0.25) is 0 Å². The van der Waals surface area contributed by atoms with Crippen molar-refractivity contribution in [3.63, 3.8) is 0 Å². The second kappa shape index (κ2) is 8.71. The number of rotatable bonds is 6. The van der Waals surface area contributed by atoms with Crippen molar-refractivity contribution in [2.75, 3.05) is 19.0 Å². The van der Waals surface area contributed by atoms with Gasteiger partial charge in [0, 0.05) is 22.2 Å². The van der Waals surface area contributed by atoms with Gasteiger partial charge >= 0.3 is 5.97 Å². The predicted octanol–water partition coefficient (Wildman–Crippen LogP) is 4.25. The first-order valence-electron chi connectivity index (χ1n) is 8.70. The molecule has 0 atom stereocenters. The molecule has 1 aromatic heterocycles. The number of hydrogen-bond acceptors (Lipinski definition) is 5. The fraction of sp³-hybridized carbons (Fsp3) is 0.190. The molecule has 0 saturated heterocycles. The smallest absolute Gasteiger partial charge is 0.356 e. The Hall–Kier alpha value is -3.12. The summed E-state index contributed by atoms with van der Waals surface area (Å²) in [4.78, 5) is 28.4. The molecule has 7 heteroatoms. The highest BCUT2D eigenvalue weighted by atomic mass is 35.5. The third kappa shape index (κ3) is 4.58. The summed E-state index contributed by atoms with van der Waals surface area (Å²) in [5.74, 6) is -0.595. The minimum absolute atomic E-state index is 0.0860. The summed E-state index contributed by atoms with van der Waals surface area (Å²) >= 11 is 6.06. The van der Waals surface area contributed by atoms with Gasteiger partial charge in [-0.1, -0.05) is 30.7 Å². The number of esters is 1. The van der Waals surface area contributed by atoms with Crippen LogP contribution in [0.3, 0.4) is 0 Å². The molecule has 0 aliphatic rings. The molecule has 6 nitrogen and oxygen atoms in total. The maximum atomic E-state index is 12.2. The minimum Gasteiger partial charge on any atom is -0.483 e. The van der Waals surface area contributed by atoms with E-state index in [-0.39, 0.29) is 18.2 Å². The number of nitrogens with one attached hydrogen (secondary N) is 1. The Morgan fingerprint density at radius 3 is 2.54 bits per heavy atom. The molecule has 0 saturated carbocycles. The van der Waals surface area contributed by atoms with Crippen LogP contribution in [0.4, 0.5) is 5.69 Å². The van der Waals surface area contributed by atoms with E-state index in [2.05, 4.69) is 17.2 Å². The Morgan fingerprint density at radius 2 is 1.86 bits per heavy atom. The zero-order valence-corrected chi connectivity index (χ0v) is 16.2. The Balaban J connectivity index is 1.79. The van der Waals surface area contributed by atoms with Gasteiger partial charge in [-0.25, -0.2) is 9.78 Å². The molecular formula is C21H19ClN2O4. The van der Waals surface area contributed by atoms with Crippen LogP contribution in [0, 0.1) is 0 Å². The van der Waals surface area contributed by atoms with Gasteiger partial charge in [0.15, 0.2) is 12.3 Å². The lowest BCUT2D eigenvalue weighted by Crippen LogP contribution is -2.20. The highest BCUT2D eigenvalue weighted by Crippen LogP contribution is 2.28. The fourth-order valence-electron chi connectivity index (χ4n) is 2.66. The molecule has 1 N–H and O–H groups in total. The summed E-state index contributed by atoms with van der Waals surface area (Å²) in [5.41, 5.74) is 2.47. The summed E-state index contributed by atoms with van der Waals surface area (Å²) < 4.78 is 10.4. The Kier molecular flexibility index (Phi) is 6.11. The van der Waals surface area contributed by atoms with Crippen molar-refractivity contribution in [3.05, 3.63) is 64.8 Å². The Morgan fingerprint density at radius 1 is 1.11 bits per heavy atom. The van der Waals surface area contributed by atoms with E-state index in [0.29, 0.717) is 27.4 Å². The van der Waals surface area contributed by atoms with Crippen molar-refractivity contribution in [3.8, 4) is 5.75 Å². The number of fused-ring (bicyclic) bond motifs is 1. The number of hydrogen-bond donors (Lipinski definition) is 1. The third-order valence-electron chi connectivity index (χ3n) is 4.13. The summed E-state index contributed by atoms with van der Waals surface area (Å²) in [6, 6.07) is 14.0. The number of nitrogens with zero attached hydrogens (tertiary/aromatic N) is 1. The van der Waals surface area contributed by atoms with Crippen LogP contribution >= 0.6 is 11.6 Å². The summed E-state index contributed by atoms with van der Waals surface area (Å²) in [5, 5.41) is 3.86. The van der Waals surface area contributed by atoms with Gasteiger partial charge in [0.05, 0.1) is 12.6 Å². The number of ether oxygens (including phenoxy) is 2. The molecule has 0 fully saturated rings. The van der Waals surface area contributed by atoms with Gasteiger partial charge in [-0.15, -0.1) is 0 Å². The van der Waals surface area contributed by atoms with E-state index in [1.54, 1.807) is 18.2 Å². The van der Waals surface area contributed by atoms with E-state index in [4.69, 9.17) is 21.1 Å². The van der Waals surface area contributed by atoms with Crippen LogP contribution in [-0.4, -0.2) is 30.6 Å². The van der Waals surface area contributed by atoms with Crippen LogP contribution in [0.15, 0.2) is 48.5 Å². The monoisotopic (exact) mass is 398 g/mol. The molecule has 3 rings (SSSR count). The number of aromatic nitrogens is 1. The van der Waals surface area contributed by atoms with Gasteiger partial charge in [-0.2, -0.15) is 0 Å². The van der Waals surface area contributed by atoms with Crippen molar-refractivity contribution in [1.82, 2.24) is 4.98 Å². The number of pyridine rings is 1. The van der Waals surface area contributed by atoms with Gasteiger partial charge < -0.3 is 14.8 Å². The number of benzene rings is 2. The molecule has 0 bridgehead atoms. The normalized spacial score (nSPS) is 10.5. The van der Waals surface area contributed by atoms with Gasteiger partial charge in [-0.05, 0) is 42.3 Å². The van der Waals surface area contributed by atoms with E-state index >= 15 is 0 Å². The first kappa shape index (κ1) is 19.6. The largest absolute Gasteiger partial charge is 0.483 e. The quantitative estimate of drug-likeness (QED) is 0.628. The molecule has 0 radical (unpaired) electrons. The van der Waals surface area contributed by atoms with Crippen LogP contribution in [0.5, 0.6) is 5.75 Å². The summed E-state index contributed by atoms with van der Waals surface area (Å²) in [6.07, 6.45) is 0.928. The summed E-state index contributed by atoms with van der Waals surface area (Å²) in [7, 11) is 1.27. The van der Waals surface area contributed by atoms with Crippen molar-refractivity contribution in [2.24, 2.45) is 0 Å². The molecule has 0 unspecified atom stereocenters. The van der Waals surface area contributed by atoms with Crippen LogP contribution in [0.1, 0.15) is 23.0 Å². The van der Waals surface area contributed by atoms with Crippen LogP contribution in [-0.2, 0) is 16.0 Å². The maximum Gasteiger partial charge on any atom is 0.356 e. The fourth-order valence-corrected chi connectivity index (χ4v) is 2.83. The molecule has 3 aromatic rings. The van der Waals surface area contributed by atoms with Gasteiger partial charge in [0.1, 0.15) is 5.75 Å². The van der Waals surface area contributed by atoms with E-state index < -0.39 is 5.97 Å². The average Bonchev–Trinajstić information content (AvgIpc) is 2.71. The standard InChI is InChI=1S/C21H19ClN2O4/c1-3-13-4-7-15(8-5-13)23-20(25)12-28-19-11-18(21(26)27-2)24-17-9-6-14(22)10-16(17)19/h4-11H,3,12H2,1-2H3,(H,23,25). The first-order valence-corrected chi connectivity index (χ1v) is 9.08. The van der Waals surface area contributed by atoms with Gasteiger partial charge in [0.25, 0.3) is 5.91 Å². The number of anilines is 1. The molecule has 1 amide bonds. The molecule has 0 aliphatic carbocycles.